The number of nitrogens with zero attached hydrogens (tertiary/aromatic N) is 1. The van der Waals surface area contributed by atoms with Crippen molar-refractivity contribution in [1.29, 1.82) is 0 Å². The normalized spacial score (nSPS) is 21.3. The maximum Gasteiger partial charge on any atom is 0.252 e. The third-order valence-electron chi connectivity index (χ3n) is 5.16. The van der Waals surface area contributed by atoms with Gasteiger partial charge in [0.2, 0.25) is 5.91 Å². The summed E-state index contributed by atoms with van der Waals surface area (Å²) < 4.78 is 28.0. The monoisotopic (exact) mass is 448 g/mol. The zero-order valence-electron chi connectivity index (χ0n) is 14.2. The molecule has 1 aromatic heterocycles. The summed E-state index contributed by atoms with van der Waals surface area (Å²) in [6.45, 7) is 0.998. The third kappa shape index (κ3) is 5.05. The molecule has 1 amide bonds. The largest absolute Gasteiger partial charge is 0.353 e. The quantitative estimate of drug-likeness (QED) is 0.745. The van der Waals surface area contributed by atoms with Crippen LogP contribution in [0.1, 0.15) is 51.4 Å². The number of hydrogen-bond donors (Lipinski definition) is 1. The lowest BCUT2D eigenvalue weighted by molar-refractivity contribution is -0.123. The Morgan fingerprint density at radius 2 is 1.84 bits per heavy atom. The van der Waals surface area contributed by atoms with E-state index in [0.717, 1.165) is 29.5 Å². The van der Waals surface area contributed by atoms with Gasteiger partial charge >= 0.3 is 0 Å². The van der Waals surface area contributed by atoms with Crippen molar-refractivity contribution in [2.24, 2.45) is 5.92 Å². The number of piperidine rings is 1. The molecule has 25 heavy (non-hydrogen) atoms. The van der Waals surface area contributed by atoms with Crippen molar-refractivity contribution >= 4 is 43.2 Å². The number of hydrogen-bond acceptors (Lipinski definition) is 4. The Balaban J connectivity index is 1.47. The predicted octanol–water partition coefficient (Wildman–Crippen LogP) is 3.75. The van der Waals surface area contributed by atoms with E-state index < -0.39 is 10.0 Å². The molecule has 0 radical (unpaired) electrons. The van der Waals surface area contributed by atoms with E-state index >= 15 is 0 Å². The SMILES string of the molecule is O=C(CC1CCN(S(=O)(=O)c2ccc(Br)s2)CC1)NC1CCCCC1. The van der Waals surface area contributed by atoms with E-state index in [1.165, 1.54) is 30.6 Å². The molecular formula is C17H25BrN2O3S2. The average molecular weight is 449 g/mol. The number of thiophene rings is 1. The van der Waals surface area contributed by atoms with E-state index in [2.05, 4.69) is 21.2 Å². The van der Waals surface area contributed by atoms with Gasteiger partial charge in [0.25, 0.3) is 10.0 Å². The lowest BCUT2D eigenvalue weighted by Gasteiger charge is -2.31. The molecule has 5 nitrogen and oxygen atoms in total. The Bertz CT molecular complexity index is 691. The Kier molecular flexibility index (Phi) is 6.57. The van der Waals surface area contributed by atoms with Gasteiger partial charge in [0.05, 0.1) is 3.79 Å². The van der Waals surface area contributed by atoms with Gasteiger partial charge in [0, 0.05) is 25.6 Å². The van der Waals surface area contributed by atoms with E-state index in [0.29, 0.717) is 29.8 Å². The molecule has 0 bridgehead atoms. The fraction of sp³-hybridized carbons (Fsp3) is 0.706. The summed E-state index contributed by atoms with van der Waals surface area (Å²) in [5, 5.41) is 3.16. The molecular weight excluding hydrogens is 424 g/mol. The average Bonchev–Trinajstić information content (AvgIpc) is 3.03. The van der Waals surface area contributed by atoms with Gasteiger partial charge in [-0.3, -0.25) is 4.79 Å². The van der Waals surface area contributed by atoms with Crippen LogP contribution in [0.4, 0.5) is 0 Å². The molecule has 140 valence electrons. The lowest BCUT2D eigenvalue weighted by Crippen LogP contribution is -2.41. The Hall–Kier alpha value is -0.440. The fourth-order valence-electron chi connectivity index (χ4n) is 3.71. The summed E-state index contributed by atoms with van der Waals surface area (Å²) in [7, 11) is -3.39. The number of carbonyl (C=O) groups excluding carboxylic acids is 1. The molecule has 2 aliphatic rings. The lowest BCUT2D eigenvalue weighted by atomic mass is 9.92. The summed E-state index contributed by atoms with van der Waals surface area (Å²) in [6, 6.07) is 3.76. The first-order chi connectivity index (χ1) is 11.9. The van der Waals surface area contributed by atoms with Gasteiger partial charge in [-0.1, -0.05) is 19.3 Å². The molecule has 1 aliphatic heterocycles. The van der Waals surface area contributed by atoms with E-state index in [9.17, 15) is 13.2 Å². The highest BCUT2D eigenvalue weighted by molar-refractivity contribution is 9.11. The highest BCUT2D eigenvalue weighted by Crippen LogP contribution is 2.31. The minimum Gasteiger partial charge on any atom is -0.353 e. The first-order valence-electron chi connectivity index (χ1n) is 9.00. The molecule has 1 N–H and O–H groups in total. The van der Waals surface area contributed by atoms with E-state index in [1.807, 2.05) is 0 Å². The maximum atomic E-state index is 12.6. The molecule has 0 unspecified atom stereocenters. The van der Waals surface area contributed by atoms with Crippen molar-refractivity contribution in [1.82, 2.24) is 9.62 Å². The number of amides is 1. The highest BCUT2D eigenvalue weighted by atomic mass is 79.9. The highest BCUT2D eigenvalue weighted by Gasteiger charge is 2.31. The Labute approximate surface area is 162 Å². The molecule has 3 rings (SSSR count). The summed E-state index contributed by atoms with van der Waals surface area (Å²) in [5.74, 6) is 0.417. The van der Waals surface area contributed by atoms with Crippen LogP contribution in [0.5, 0.6) is 0 Å². The number of nitrogens with one attached hydrogen (secondary N) is 1. The van der Waals surface area contributed by atoms with Crippen molar-refractivity contribution in [3.8, 4) is 0 Å². The van der Waals surface area contributed by atoms with Crippen LogP contribution < -0.4 is 5.32 Å². The van der Waals surface area contributed by atoms with Crippen LogP contribution in [0.25, 0.3) is 0 Å². The summed E-state index contributed by atoms with van der Waals surface area (Å²) in [4.78, 5) is 12.2. The van der Waals surface area contributed by atoms with Gasteiger partial charge in [-0.2, -0.15) is 4.31 Å². The minimum atomic E-state index is -3.39. The van der Waals surface area contributed by atoms with Gasteiger partial charge < -0.3 is 5.32 Å². The zero-order valence-corrected chi connectivity index (χ0v) is 17.5. The zero-order chi connectivity index (χ0) is 17.9. The van der Waals surface area contributed by atoms with E-state index in [1.54, 1.807) is 16.4 Å². The number of halogens is 1. The van der Waals surface area contributed by atoms with E-state index in [4.69, 9.17) is 0 Å². The van der Waals surface area contributed by atoms with Crippen LogP contribution in [0.3, 0.4) is 0 Å². The maximum absolute atomic E-state index is 12.6. The molecule has 0 aromatic carbocycles. The van der Waals surface area contributed by atoms with Gasteiger partial charge in [-0.15, -0.1) is 11.3 Å². The van der Waals surface area contributed by atoms with Crippen LogP contribution in [0.2, 0.25) is 0 Å². The first kappa shape index (κ1) is 19.3. The second-order valence-electron chi connectivity index (χ2n) is 7.01. The first-order valence-corrected chi connectivity index (χ1v) is 12.0. The van der Waals surface area contributed by atoms with Crippen molar-refractivity contribution in [3.05, 3.63) is 15.9 Å². The summed E-state index contributed by atoms with van der Waals surface area (Å²) >= 11 is 4.56. The topological polar surface area (TPSA) is 66.5 Å². The smallest absolute Gasteiger partial charge is 0.252 e. The van der Waals surface area contributed by atoms with Crippen molar-refractivity contribution in [2.75, 3.05) is 13.1 Å². The van der Waals surface area contributed by atoms with Crippen LogP contribution in [0, 0.1) is 5.92 Å². The molecule has 8 heteroatoms. The second-order valence-corrected chi connectivity index (χ2v) is 11.6. The third-order valence-corrected chi connectivity index (χ3v) is 9.15. The Morgan fingerprint density at radius 3 is 2.44 bits per heavy atom. The molecule has 2 fully saturated rings. The van der Waals surface area contributed by atoms with Crippen LogP contribution in [-0.2, 0) is 14.8 Å². The molecule has 1 saturated heterocycles. The second kappa shape index (κ2) is 8.50. The minimum absolute atomic E-state index is 0.135. The standard InChI is InChI=1S/C17H25BrN2O3S2/c18-15-6-7-17(24-15)25(22,23)20-10-8-13(9-11-20)12-16(21)19-14-4-2-1-3-5-14/h6-7,13-14H,1-5,8-12H2,(H,19,21). The molecule has 2 heterocycles. The van der Waals surface area contributed by atoms with E-state index in [-0.39, 0.29) is 11.8 Å². The van der Waals surface area contributed by atoms with Crippen molar-refractivity contribution in [3.63, 3.8) is 0 Å². The molecule has 1 saturated carbocycles. The fourth-order valence-corrected chi connectivity index (χ4v) is 7.35. The molecule has 1 aliphatic carbocycles. The van der Waals surface area contributed by atoms with Crippen LogP contribution in [-0.4, -0.2) is 37.8 Å². The number of carbonyl (C=O) groups is 1. The Morgan fingerprint density at radius 1 is 1.16 bits per heavy atom. The summed E-state index contributed by atoms with van der Waals surface area (Å²) in [6.07, 6.45) is 7.92. The van der Waals surface area contributed by atoms with Gasteiger partial charge in [0.1, 0.15) is 4.21 Å². The number of rotatable bonds is 5. The molecule has 1 aromatic rings. The molecule has 0 atom stereocenters. The molecule has 0 spiro atoms. The van der Waals surface area contributed by atoms with Crippen LogP contribution in [0.15, 0.2) is 20.1 Å². The predicted molar refractivity (Wildman–Crippen MR) is 103 cm³/mol. The van der Waals surface area contributed by atoms with Gasteiger partial charge in [-0.25, -0.2) is 8.42 Å². The van der Waals surface area contributed by atoms with Crippen LogP contribution >= 0.6 is 27.3 Å². The van der Waals surface area contributed by atoms with Gasteiger partial charge in [-0.05, 0) is 59.7 Å². The number of sulfonamides is 1. The summed E-state index contributed by atoms with van der Waals surface area (Å²) in [5.41, 5.74) is 0. The van der Waals surface area contributed by atoms with Gasteiger partial charge in [0.15, 0.2) is 0 Å². The van der Waals surface area contributed by atoms with Crippen molar-refractivity contribution in [2.45, 2.75) is 61.6 Å². The van der Waals surface area contributed by atoms with Crippen molar-refractivity contribution < 1.29 is 13.2 Å².